The van der Waals surface area contributed by atoms with Gasteiger partial charge in [-0.1, -0.05) is 6.92 Å². The van der Waals surface area contributed by atoms with Crippen LogP contribution in [-0.2, 0) is 9.59 Å². The van der Waals surface area contributed by atoms with E-state index in [9.17, 15) is 14.4 Å². The maximum Gasteiger partial charge on any atom is 0.265 e. The molecule has 0 radical (unpaired) electrons. The molecule has 0 unspecified atom stereocenters. The van der Waals surface area contributed by atoms with Crippen LogP contribution >= 0.6 is 0 Å². The Balaban J connectivity index is 1.54. The van der Waals surface area contributed by atoms with Gasteiger partial charge >= 0.3 is 0 Å². The van der Waals surface area contributed by atoms with Crippen LogP contribution in [0.4, 0.5) is 5.69 Å². The van der Waals surface area contributed by atoms with E-state index < -0.39 is 0 Å². The molecule has 3 amide bonds. The fourth-order valence-corrected chi connectivity index (χ4v) is 4.10. The number of hydrogen-bond acceptors (Lipinski definition) is 4. The van der Waals surface area contributed by atoms with E-state index in [-0.39, 0.29) is 30.9 Å². The van der Waals surface area contributed by atoms with Gasteiger partial charge in [0.2, 0.25) is 5.91 Å². The van der Waals surface area contributed by atoms with Crippen LogP contribution in [0.15, 0.2) is 18.2 Å². The first-order chi connectivity index (χ1) is 13.5. The first kappa shape index (κ1) is 18.8. The molecule has 150 valence electrons. The van der Waals surface area contributed by atoms with Gasteiger partial charge in [-0.2, -0.15) is 0 Å². The van der Waals surface area contributed by atoms with Crippen LogP contribution in [0.3, 0.4) is 0 Å². The van der Waals surface area contributed by atoms with Gasteiger partial charge in [0.25, 0.3) is 11.8 Å². The van der Waals surface area contributed by atoms with Gasteiger partial charge in [0.1, 0.15) is 12.3 Å². The molecule has 0 spiro atoms. The summed E-state index contributed by atoms with van der Waals surface area (Å²) in [4.78, 5) is 43.1. The van der Waals surface area contributed by atoms with Gasteiger partial charge in [0.15, 0.2) is 6.61 Å². The van der Waals surface area contributed by atoms with Crippen molar-refractivity contribution in [2.24, 2.45) is 5.92 Å². The zero-order valence-corrected chi connectivity index (χ0v) is 16.4. The number of rotatable bonds is 3. The summed E-state index contributed by atoms with van der Waals surface area (Å²) in [5, 5.41) is 0. The summed E-state index contributed by atoms with van der Waals surface area (Å²) < 4.78 is 5.53. The normalized spacial score (nSPS) is 20.2. The molecule has 4 rings (SSSR count). The second-order valence-electron chi connectivity index (χ2n) is 8.01. The highest BCUT2D eigenvalue weighted by atomic mass is 16.5. The molecule has 3 heterocycles. The molecule has 2 saturated heterocycles. The number of piperidine rings is 1. The van der Waals surface area contributed by atoms with Gasteiger partial charge in [-0.25, -0.2) is 0 Å². The van der Waals surface area contributed by atoms with Crippen molar-refractivity contribution in [2.75, 3.05) is 44.2 Å². The van der Waals surface area contributed by atoms with E-state index in [0.717, 1.165) is 51.9 Å². The summed E-state index contributed by atoms with van der Waals surface area (Å²) in [6.07, 6.45) is 4.03. The number of benzene rings is 1. The predicted octanol–water partition coefficient (Wildman–Crippen LogP) is 1.91. The van der Waals surface area contributed by atoms with Crippen molar-refractivity contribution in [3.8, 4) is 5.75 Å². The Morgan fingerprint density at radius 1 is 1.07 bits per heavy atom. The molecular weight excluding hydrogens is 358 g/mol. The number of anilines is 1. The molecule has 1 aromatic rings. The molecule has 28 heavy (non-hydrogen) atoms. The maximum atomic E-state index is 12.8. The second kappa shape index (κ2) is 7.81. The lowest BCUT2D eigenvalue weighted by atomic mass is 9.99. The molecule has 3 aliphatic rings. The van der Waals surface area contributed by atoms with Crippen molar-refractivity contribution < 1.29 is 19.1 Å². The third-order valence-corrected chi connectivity index (χ3v) is 5.97. The number of hydrogen-bond donors (Lipinski definition) is 0. The summed E-state index contributed by atoms with van der Waals surface area (Å²) in [7, 11) is 0. The fourth-order valence-electron chi connectivity index (χ4n) is 4.10. The number of likely N-dealkylation sites (tertiary alicyclic amines) is 2. The minimum absolute atomic E-state index is 0.00900. The van der Waals surface area contributed by atoms with E-state index in [0.29, 0.717) is 22.9 Å². The quantitative estimate of drug-likeness (QED) is 0.797. The lowest BCUT2D eigenvalue weighted by molar-refractivity contribution is -0.133. The molecule has 0 aromatic heterocycles. The van der Waals surface area contributed by atoms with E-state index in [1.165, 1.54) is 4.90 Å². The highest BCUT2D eigenvalue weighted by molar-refractivity contribution is 6.04. The standard InChI is InChI=1S/C21H27N3O4/c1-15-6-10-22(11-7-15)19(25)13-24-17-12-16(21(27)23-8-2-3-9-23)4-5-18(17)28-14-20(24)26/h4-5,12,15H,2-3,6-11,13-14H2,1H3. The smallest absolute Gasteiger partial charge is 0.265 e. The maximum absolute atomic E-state index is 12.8. The van der Waals surface area contributed by atoms with Crippen molar-refractivity contribution in [1.82, 2.24) is 9.80 Å². The summed E-state index contributed by atoms with van der Waals surface area (Å²) in [5.74, 6) is 0.836. The number of fused-ring (bicyclic) bond motifs is 1. The molecule has 7 heteroatoms. The minimum Gasteiger partial charge on any atom is -0.482 e. The zero-order valence-electron chi connectivity index (χ0n) is 16.4. The Morgan fingerprint density at radius 2 is 1.79 bits per heavy atom. The summed E-state index contributed by atoms with van der Waals surface area (Å²) >= 11 is 0. The molecule has 7 nitrogen and oxygen atoms in total. The third-order valence-electron chi connectivity index (χ3n) is 5.97. The van der Waals surface area contributed by atoms with Gasteiger partial charge in [0, 0.05) is 31.7 Å². The Morgan fingerprint density at radius 3 is 2.50 bits per heavy atom. The van der Waals surface area contributed by atoms with E-state index in [1.807, 2.05) is 9.80 Å². The lowest BCUT2D eigenvalue weighted by Crippen LogP contribution is -2.48. The summed E-state index contributed by atoms with van der Waals surface area (Å²) in [6, 6.07) is 5.16. The number of carbonyl (C=O) groups excluding carboxylic acids is 3. The van der Waals surface area contributed by atoms with Crippen LogP contribution in [0.1, 0.15) is 43.0 Å². The molecular formula is C21H27N3O4. The van der Waals surface area contributed by atoms with Crippen molar-refractivity contribution >= 4 is 23.4 Å². The van der Waals surface area contributed by atoms with Crippen LogP contribution in [0, 0.1) is 5.92 Å². The molecule has 0 saturated carbocycles. The van der Waals surface area contributed by atoms with E-state index in [4.69, 9.17) is 4.74 Å². The van der Waals surface area contributed by atoms with Gasteiger partial charge in [-0.15, -0.1) is 0 Å². The minimum atomic E-state index is -0.253. The van der Waals surface area contributed by atoms with E-state index >= 15 is 0 Å². The molecule has 0 atom stereocenters. The molecule has 3 aliphatic heterocycles. The fraction of sp³-hybridized carbons (Fsp3) is 0.571. The highest BCUT2D eigenvalue weighted by Gasteiger charge is 2.31. The second-order valence-corrected chi connectivity index (χ2v) is 8.01. The van der Waals surface area contributed by atoms with Gasteiger partial charge < -0.3 is 14.5 Å². The molecule has 0 bridgehead atoms. The van der Waals surface area contributed by atoms with Crippen molar-refractivity contribution in [3.05, 3.63) is 23.8 Å². The SMILES string of the molecule is CC1CCN(C(=O)CN2C(=O)COc3ccc(C(=O)N4CCCC4)cc32)CC1. The van der Waals surface area contributed by atoms with Gasteiger partial charge in [0.05, 0.1) is 5.69 Å². The summed E-state index contributed by atoms with van der Waals surface area (Å²) in [5.41, 5.74) is 1.04. The Bertz CT molecular complexity index is 780. The first-order valence-corrected chi connectivity index (χ1v) is 10.2. The molecule has 1 aromatic carbocycles. The van der Waals surface area contributed by atoms with Crippen LogP contribution in [0.25, 0.3) is 0 Å². The molecule has 0 N–H and O–H groups in total. The van der Waals surface area contributed by atoms with Gasteiger partial charge in [-0.3, -0.25) is 19.3 Å². The van der Waals surface area contributed by atoms with Crippen molar-refractivity contribution in [1.29, 1.82) is 0 Å². The monoisotopic (exact) mass is 385 g/mol. The van der Waals surface area contributed by atoms with E-state index in [1.54, 1.807) is 18.2 Å². The Kier molecular flexibility index (Phi) is 5.24. The number of amides is 3. The van der Waals surface area contributed by atoms with Crippen molar-refractivity contribution in [2.45, 2.75) is 32.6 Å². The van der Waals surface area contributed by atoms with Gasteiger partial charge in [-0.05, 0) is 49.8 Å². The van der Waals surface area contributed by atoms with E-state index in [2.05, 4.69) is 6.92 Å². The third kappa shape index (κ3) is 3.70. The predicted molar refractivity (Wildman–Crippen MR) is 104 cm³/mol. The van der Waals surface area contributed by atoms with Crippen LogP contribution in [0.2, 0.25) is 0 Å². The molecule has 0 aliphatic carbocycles. The molecule has 2 fully saturated rings. The van der Waals surface area contributed by atoms with Crippen LogP contribution in [0.5, 0.6) is 5.75 Å². The Hall–Kier alpha value is -2.57. The summed E-state index contributed by atoms with van der Waals surface area (Å²) in [6.45, 7) is 5.10. The topological polar surface area (TPSA) is 70.2 Å². The zero-order chi connectivity index (χ0) is 19.7. The van der Waals surface area contributed by atoms with Crippen LogP contribution in [-0.4, -0.2) is 66.9 Å². The number of nitrogens with zero attached hydrogens (tertiary/aromatic N) is 3. The average Bonchev–Trinajstić information content (AvgIpc) is 3.24. The highest BCUT2D eigenvalue weighted by Crippen LogP contribution is 2.33. The Labute approximate surface area is 165 Å². The van der Waals surface area contributed by atoms with Crippen LogP contribution < -0.4 is 9.64 Å². The average molecular weight is 385 g/mol. The number of carbonyl (C=O) groups is 3. The first-order valence-electron chi connectivity index (χ1n) is 10.2. The number of ether oxygens (including phenoxy) is 1. The largest absolute Gasteiger partial charge is 0.482 e. The lowest BCUT2D eigenvalue weighted by Gasteiger charge is -2.34. The van der Waals surface area contributed by atoms with Crippen molar-refractivity contribution in [3.63, 3.8) is 0 Å².